The lowest BCUT2D eigenvalue weighted by atomic mass is 10.1. The molecule has 0 radical (unpaired) electrons. The van der Waals surface area contributed by atoms with Gasteiger partial charge in [0.05, 0.1) is 0 Å². The van der Waals surface area contributed by atoms with Gasteiger partial charge in [0, 0.05) is 12.0 Å². The zero-order chi connectivity index (χ0) is 10.8. The van der Waals surface area contributed by atoms with E-state index in [2.05, 4.69) is 25.7 Å². The van der Waals surface area contributed by atoms with Gasteiger partial charge >= 0.3 is 0 Å². The van der Waals surface area contributed by atoms with Crippen molar-refractivity contribution in [2.24, 2.45) is 5.92 Å². The number of rotatable bonds is 1. The average Bonchev–Trinajstić information content (AvgIpc) is 2.22. The maximum Gasteiger partial charge on any atom is 0.0245 e. The first kappa shape index (κ1) is 12.8. The van der Waals surface area contributed by atoms with Crippen molar-refractivity contribution in [2.75, 3.05) is 0 Å². The lowest BCUT2D eigenvalue weighted by Crippen LogP contribution is -1.81. The van der Waals surface area contributed by atoms with E-state index in [9.17, 15) is 0 Å². The molecule has 0 spiro atoms. The standard InChI is InChI=1S/C12H14.C2H6/c1-11(2)7-6-10-12-8-4-3-5-9-12;1-2/h3-5,8-9,11H,7H2,1-2H3;1-2H3. The second kappa shape index (κ2) is 8.38. The molecule has 0 aliphatic heterocycles. The molecule has 14 heavy (non-hydrogen) atoms. The van der Waals surface area contributed by atoms with Gasteiger partial charge < -0.3 is 0 Å². The van der Waals surface area contributed by atoms with Gasteiger partial charge in [0.15, 0.2) is 0 Å². The SMILES string of the molecule is CC.CC(C)CC#Cc1ccccc1. The predicted molar refractivity (Wildman–Crippen MR) is 64.1 cm³/mol. The van der Waals surface area contributed by atoms with Crippen molar-refractivity contribution in [3.8, 4) is 11.8 Å². The summed E-state index contributed by atoms with van der Waals surface area (Å²) in [5.41, 5.74) is 1.11. The summed E-state index contributed by atoms with van der Waals surface area (Å²) >= 11 is 0. The quantitative estimate of drug-likeness (QED) is 0.582. The van der Waals surface area contributed by atoms with Crippen LogP contribution in [0.2, 0.25) is 0 Å². The molecule has 0 aliphatic rings. The van der Waals surface area contributed by atoms with Crippen LogP contribution in [0, 0.1) is 17.8 Å². The summed E-state index contributed by atoms with van der Waals surface area (Å²) in [6.45, 7) is 8.36. The second-order valence-corrected chi connectivity index (χ2v) is 3.27. The summed E-state index contributed by atoms with van der Waals surface area (Å²) in [5.74, 6) is 6.94. The maximum atomic E-state index is 3.15. The van der Waals surface area contributed by atoms with E-state index in [0.29, 0.717) is 5.92 Å². The van der Waals surface area contributed by atoms with Crippen LogP contribution in [-0.4, -0.2) is 0 Å². The molecule has 0 aromatic heterocycles. The first-order valence-corrected chi connectivity index (χ1v) is 5.33. The third-order valence-electron chi connectivity index (χ3n) is 1.52. The van der Waals surface area contributed by atoms with Crippen molar-refractivity contribution >= 4 is 0 Å². The van der Waals surface area contributed by atoms with Crippen LogP contribution in [0.1, 0.15) is 39.7 Å². The fraction of sp³-hybridized carbons (Fsp3) is 0.429. The molecular formula is C14H20. The van der Waals surface area contributed by atoms with Crippen LogP contribution in [0.5, 0.6) is 0 Å². The molecule has 0 heterocycles. The molecule has 0 aliphatic carbocycles. The van der Waals surface area contributed by atoms with E-state index >= 15 is 0 Å². The number of benzene rings is 1. The van der Waals surface area contributed by atoms with Gasteiger partial charge in [0.25, 0.3) is 0 Å². The molecule has 76 valence electrons. The molecule has 0 saturated carbocycles. The summed E-state index contributed by atoms with van der Waals surface area (Å²) in [4.78, 5) is 0. The summed E-state index contributed by atoms with van der Waals surface area (Å²) in [6, 6.07) is 10.1. The van der Waals surface area contributed by atoms with Crippen LogP contribution >= 0.6 is 0 Å². The van der Waals surface area contributed by atoms with Gasteiger partial charge in [-0.05, 0) is 18.1 Å². The molecule has 1 rings (SSSR count). The van der Waals surface area contributed by atoms with Gasteiger partial charge in [-0.15, -0.1) is 0 Å². The van der Waals surface area contributed by atoms with E-state index in [1.807, 2.05) is 44.2 Å². The van der Waals surface area contributed by atoms with Crippen molar-refractivity contribution in [3.63, 3.8) is 0 Å². The Morgan fingerprint density at radius 1 is 1.07 bits per heavy atom. The molecule has 0 atom stereocenters. The minimum atomic E-state index is 0.668. The maximum absolute atomic E-state index is 3.15. The van der Waals surface area contributed by atoms with Crippen LogP contribution in [-0.2, 0) is 0 Å². The Kier molecular flexibility index (Phi) is 7.65. The summed E-state index contributed by atoms with van der Waals surface area (Å²) in [6.07, 6.45) is 0.981. The normalized spacial score (nSPS) is 8.36. The Labute approximate surface area is 88.4 Å². The van der Waals surface area contributed by atoms with Gasteiger partial charge in [0.1, 0.15) is 0 Å². The third kappa shape index (κ3) is 6.31. The average molecular weight is 188 g/mol. The van der Waals surface area contributed by atoms with E-state index in [4.69, 9.17) is 0 Å². The molecule has 1 aromatic carbocycles. The molecule has 0 fully saturated rings. The number of hydrogen-bond acceptors (Lipinski definition) is 0. The largest absolute Gasteiger partial charge is 0.0976 e. The molecule has 0 N–H and O–H groups in total. The van der Waals surface area contributed by atoms with E-state index in [0.717, 1.165) is 12.0 Å². The highest BCUT2D eigenvalue weighted by molar-refractivity contribution is 5.33. The van der Waals surface area contributed by atoms with E-state index in [1.165, 1.54) is 0 Å². The van der Waals surface area contributed by atoms with Crippen molar-refractivity contribution < 1.29 is 0 Å². The van der Waals surface area contributed by atoms with Gasteiger partial charge in [0.2, 0.25) is 0 Å². The van der Waals surface area contributed by atoms with Crippen molar-refractivity contribution in [3.05, 3.63) is 35.9 Å². The molecule has 0 unspecified atom stereocenters. The fourth-order valence-electron chi connectivity index (χ4n) is 0.879. The lowest BCUT2D eigenvalue weighted by molar-refractivity contribution is 0.676. The molecule has 0 bridgehead atoms. The molecular weight excluding hydrogens is 168 g/mol. The highest BCUT2D eigenvalue weighted by atomic mass is 13.9. The monoisotopic (exact) mass is 188 g/mol. The Morgan fingerprint density at radius 2 is 1.64 bits per heavy atom. The Balaban J connectivity index is 0.000000791. The second-order valence-electron chi connectivity index (χ2n) is 3.27. The zero-order valence-electron chi connectivity index (χ0n) is 9.67. The fourth-order valence-corrected chi connectivity index (χ4v) is 0.879. The minimum absolute atomic E-state index is 0.668. The Hall–Kier alpha value is -1.22. The van der Waals surface area contributed by atoms with E-state index in [1.54, 1.807) is 0 Å². The summed E-state index contributed by atoms with van der Waals surface area (Å²) in [5, 5.41) is 0. The van der Waals surface area contributed by atoms with Gasteiger partial charge in [-0.3, -0.25) is 0 Å². The first-order valence-electron chi connectivity index (χ1n) is 5.33. The van der Waals surface area contributed by atoms with Crippen LogP contribution in [0.3, 0.4) is 0 Å². The van der Waals surface area contributed by atoms with Gasteiger partial charge in [-0.1, -0.05) is 57.7 Å². The molecule has 0 nitrogen and oxygen atoms in total. The Morgan fingerprint density at radius 3 is 2.14 bits per heavy atom. The highest BCUT2D eigenvalue weighted by Crippen LogP contribution is 1.98. The summed E-state index contributed by atoms with van der Waals surface area (Å²) in [7, 11) is 0. The minimum Gasteiger partial charge on any atom is -0.0976 e. The van der Waals surface area contributed by atoms with E-state index in [-0.39, 0.29) is 0 Å². The molecule has 0 saturated heterocycles. The van der Waals surface area contributed by atoms with E-state index < -0.39 is 0 Å². The topological polar surface area (TPSA) is 0 Å². The summed E-state index contributed by atoms with van der Waals surface area (Å²) < 4.78 is 0. The smallest absolute Gasteiger partial charge is 0.0245 e. The van der Waals surface area contributed by atoms with Crippen LogP contribution < -0.4 is 0 Å². The lowest BCUT2D eigenvalue weighted by Gasteiger charge is -1.93. The Bertz CT molecular complexity index is 272. The van der Waals surface area contributed by atoms with Crippen LogP contribution in [0.15, 0.2) is 30.3 Å². The third-order valence-corrected chi connectivity index (χ3v) is 1.52. The molecule has 1 aromatic rings. The van der Waals surface area contributed by atoms with Crippen molar-refractivity contribution in [1.82, 2.24) is 0 Å². The van der Waals surface area contributed by atoms with Crippen molar-refractivity contribution in [2.45, 2.75) is 34.1 Å². The molecule has 0 amide bonds. The number of hydrogen-bond donors (Lipinski definition) is 0. The first-order chi connectivity index (χ1) is 6.79. The van der Waals surface area contributed by atoms with Crippen LogP contribution in [0.4, 0.5) is 0 Å². The molecule has 0 heteroatoms. The van der Waals surface area contributed by atoms with Crippen molar-refractivity contribution in [1.29, 1.82) is 0 Å². The van der Waals surface area contributed by atoms with Crippen LogP contribution in [0.25, 0.3) is 0 Å². The highest BCUT2D eigenvalue weighted by Gasteiger charge is 1.86. The predicted octanol–water partition coefficient (Wildman–Crippen LogP) is 4.11. The van der Waals surface area contributed by atoms with Gasteiger partial charge in [-0.2, -0.15) is 0 Å². The zero-order valence-corrected chi connectivity index (χ0v) is 9.67. The van der Waals surface area contributed by atoms with Gasteiger partial charge in [-0.25, -0.2) is 0 Å².